The lowest BCUT2D eigenvalue weighted by molar-refractivity contribution is -0.133. The van der Waals surface area contributed by atoms with E-state index in [1.807, 2.05) is 0 Å². The smallest absolute Gasteiger partial charge is 0.222 e. The van der Waals surface area contributed by atoms with Crippen LogP contribution in [0.25, 0.3) is 0 Å². The molecule has 0 aliphatic carbocycles. The monoisotopic (exact) mass is 358 g/mol. The zero-order chi connectivity index (χ0) is 17.6. The molecule has 0 saturated carbocycles. The highest BCUT2D eigenvalue weighted by molar-refractivity contribution is 7.89. The molecule has 1 amide bonds. The third-order valence-electron chi connectivity index (χ3n) is 3.99. The molecule has 1 heterocycles. The number of nitrogens with zero attached hydrogens (tertiary/aromatic N) is 1. The third-order valence-corrected chi connectivity index (χ3v) is 4.85. The normalized spacial score (nSPS) is 18.4. The Kier molecular flexibility index (Phi) is 6.56. The average molecular weight is 358 g/mol. The summed E-state index contributed by atoms with van der Waals surface area (Å²) in [6.07, 6.45) is 2.27. The van der Waals surface area contributed by atoms with E-state index in [2.05, 4.69) is 0 Å². The van der Waals surface area contributed by atoms with Gasteiger partial charge in [0.2, 0.25) is 15.9 Å². The Labute approximate surface area is 141 Å². The standard InChI is InChI=1S/C16H23FN2O4S/c17-14-5-7-15(8-6-14)23-12-13-3-1-9-19(11-13)16(20)4-2-10-24(18,21)22/h5-8,13H,1-4,9-12H2,(H2,18,21,22). The van der Waals surface area contributed by atoms with Crippen molar-refractivity contribution >= 4 is 15.9 Å². The minimum absolute atomic E-state index is 0.0508. The van der Waals surface area contributed by atoms with Crippen LogP contribution in [0.3, 0.4) is 0 Å². The first kappa shape index (κ1) is 18.7. The van der Waals surface area contributed by atoms with Crippen LogP contribution in [0.15, 0.2) is 24.3 Å². The van der Waals surface area contributed by atoms with Crippen LogP contribution in [0.2, 0.25) is 0 Å². The highest BCUT2D eigenvalue weighted by Crippen LogP contribution is 2.20. The van der Waals surface area contributed by atoms with E-state index < -0.39 is 10.0 Å². The van der Waals surface area contributed by atoms with E-state index >= 15 is 0 Å². The fraction of sp³-hybridized carbons (Fsp3) is 0.562. The van der Waals surface area contributed by atoms with E-state index in [0.29, 0.717) is 25.4 Å². The minimum Gasteiger partial charge on any atom is -0.493 e. The molecule has 1 aromatic carbocycles. The van der Waals surface area contributed by atoms with E-state index in [1.165, 1.54) is 12.1 Å². The van der Waals surface area contributed by atoms with Gasteiger partial charge in [-0.25, -0.2) is 17.9 Å². The molecule has 1 unspecified atom stereocenters. The molecule has 0 radical (unpaired) electrons. The van der Waals surface area contributed by atoms with Gasteiger partial charge in [0.1, 0.15) is 11.6 Å². The molecule has 134 valence electrons. The first-order chi connectivity index (χ1) is 11.3. The lowest BCUT2D eigenvalue weighted by Crippen LogP contribution is -2.41. The lowest BCUT2D eigenvalue weighted by atomic mass is 9.98. The second-order valence-corrected chi connectivity index (χ2v) is 7.82. The summed E-state index contributed by atoms with van der Waals surface area (Å²) in [7, 11) is -3.52. The number of piperidine rings is 1. The first-order valence-corrected chi connectivity index (χ1v) is 9.71. The number of hydrogen-bond acceptors (Lipinski definition) is 4. The Morgan fingerprint density at radius 1 is 1.33 bits per heavy atom. The fourth-order valence-electron chi connectivity index (χ4n) is 2.76. The second-order valence-electron chi connectivity index (χ2n) is 6.08. The third kappa shape index (κ3) is 6.45. The number of hydrogen-bond donors (Lipinski definition) is 1. The molecule has 6 nitrogen and oxygen atoms in total. The summed E-state index contributed by atoms with van der Waals surface area (Å²) >= 11 is 0. The molecule has 1 fully saturated rings. The first-order valence-electron chi connectivity index (χ1n) is 8.00. The molecule has 0 spiro atoms. The van der Waals surface area contributed by atoms with E-state index in [0.717, 1.165) is 12.8 Å². The molecular weight excluding hydrogens is 335 g/mol. The molecule has 1 aliphatic heterocycles. The van der Waals surface area contributed by atoms with Gasteiger partial charge in [0.25, 0.3) is 0 Å². The van der Waals surface area contributed by atoms with E-state index in [4.69, 9.17) is 9.88 Å². The molecule has 24 heavy (non-hydrogen) atoms. The van der Waals surface area contributed by atoms with Crippen molar-refractivity contribution in [3.8, 4) is 5.75 Å². The van der Waals surface area contributed by atoms with Gasteiger partial charge in [-0.1, -0.05) is 0 Å². The molecule has 2 N–H and O–H groups in total. The predicted molar refractivity (Wildman–Crippen MR) is 88.4 cm³/mol. The lowest BCUT2D eigenvalue weighted by Gasteiger charge is -2.32. The second kappa shape index (κ2) is 8.43. The zero-order valence-corrected chi connectivity index (χ0v) is 14.3. The van der Waals surface area contributed by atoms with E-state index in [9.17, 15) is 17.6 Å². The summed E-state index contributed by atoms with van der Waals surface area (Å²) < 4.78 is 40.3. The number of nitrogens with two attached hydrogens (primary N) is 1. The molecular formula is C16H23FN2O4S. The van der Waals surface area contributed by atoms with Crippen LogP contribution in [0.5, 0.6) is 5.75 Å². The Balaban J connectivity index is 1.76. The maximum Gasteiger partial charge on any atom is 0.222 e. The molecule has 1 atom stereocenters. The van der Waals surface area contributed by atoms with Crippen molar-refractivity contribution in [2.24, 2.45) is 11.1 Å². The fourth-order valence-corrected chi connectivity index (χ4v) is 3.30. The van der Waals surface area contributed by atoms with Gasteiger partial charge in [-0.05, 0) is 43.5 Å². The number of halogens is 1. The van der Waals surface area contributed by atoms with Crippen molar-refractivity contribution in [3.63, 3.8) is 0 Å². The topological polar surface area (TPSA) is 89.7 Å². The Morgan fingerprint density at radius 3 is 2.71 bits per heavy atom. The van der Waals surface area contributed by atoms with Crippen molar-refractivity contribution < 1.29 is 22.3 Å². The maximum absolute atomic E-state index is 12.9. The van der Waals surface area contributed by atoms with Gasteiger partial charge < -0.3 is 9.64 Å². The number of sulfonamides is 1. The van der Waals surface area contributed by atoms with Gasteiger partial charge >= 0.3 is 0 Å². The Bertz CT molecular complexity index is 649. The van der Waals surface area contributed by atoms with Gasteiger partial charge in [-0.2, -0.15) is 0 Å². The number of rotatable bonds is 7. The largest absolute Gasteiger partial charge is 0.493 e. The zero-order valence-electron chi connectivity index (χ0n) is 13.5. The van der Waals surface area contributed by atoms with Crippen molar-refractivity contribution in [2.45, 2.75) is 25.7 Å². The van der Waals surface area contributed by atoms with Crippen LogP contribution in [-0.4, -0.2) is 44.7 Å². The molecule has 2 rings (SSSR count). The maximum atomic E-state index is 12.9. The molecule has 1 aliphatic rings. The van der Waals surface area contributed by atoms with Gasteiger partial charge in [0.05, 0.1) is 12.4 Å². The quantitative estimate of drug-likeness (QED) is 0.800. The van der Waals surface area contributed by atoms with Gasteiger partial charge in [-0.3, -0.25) is 4.79 Å². The number of primary sulfonamides is 1. The van der Waals surface area contributed by atoms with Crippen LogP contribution >= 0.6 is 0 Å². The van der Waals surface area contributed by atoms with Crippen molar-refractivity contribution in [3.05, 3.63) is 30.1 Å². The molecule has 0 aromatic heterocycles. The van der Waals surface area contributed by atoms with Crippen molar-refractivity contribution in [1.82, 2.24) is 4.90 Å². The number of benzene rings is 1. The van der Waals surface area contributed by atoms with Crippen LogP contribution in [0.4, 0.5) is 4.39 Å². The predicted octanol–water partition coefficient (Wildman–Crippen LogP) is 1.51. The van der Waals surface area contributed by atoms with Crippen LogP contribution < -0.4 is 9.88 Å². The molecule has 1 aromatic rings. The molecule has 0 bridgehead atoms. The summed E-state index contributed by atoms with van der Waals surface area (Å²) in [6.45, 7) is 1.74. The highest BCUT2D eigenvalue weighted by atomic mass is 32.2. The van der Waals surface area contributed by atoms with Gasteiger partial charge in [-0.15, -0.1) is 0 Å². The summed E-state index contributed by atoms with van der Waals surface area (Å²) in [4.78, 5) is 13.9. The van der Waals surface area contributed by atoms with Crippen LogP contribution in [-0.2, 0) is 14.8 Å². The van der Waals surface area contributed by atoms with Crippen molar-refractivity contribution in [1.29, 1.82) is 0 Å². The van der Waals surface area contributed by atoms with E-state index in [-0.39, 0.29) is 36.2 Å². The van der Waals surface area contributed by atoms with Gasteiger partial charge in [0, 0.05) is 25.4 Å². The number of carbonyl (C=O) groups is 1. The van der Waals surface area contributed by atoms with Crippen molar-refractivity contribution in [2.75, 3.05) is 25.4 Å². The molecule has 1 saturated heterocycles. The minimum atomic E-state index is -3.52. The number of ether oxygens (including phenoxy) is 1. The summed E-state index contributed by atoms with van der Waals surface area (Å²) in [5.41, 5.74) is 0. The molecule has 8 heteroatoms. The number of carbonyl (C=O) groups excluding carboxylic acids is 1. The number of amides is 1. The number of likely N-dealkylation sites (tertiary alicyclic amines) is 1. The van der Waals surface area contributed by atoms with Gasteiger partial charge in [0.15, 0.2) is 0 Å². The van der Waals surface area contributed by atoms with Crippen LogP contribution in [0, 0.1) is 11.7 Å². The summed E-state index contributed by atoms with van der Waals surface area (Å²) in [6, 6.07) is 5.84. The average Bonchev–Trinajstić information content (AvgIpc) is 2.53. The summed E-state index contributed by atoms with van der Waals surface area (Å²) in [5.74, 6) is 0.282. The van der Waals surface area contributed by atoms with Crippen LogP contribution in [0.1, 0.15) is 25.7 Å². The van der Waals surface area contributed by atoms with E-state index in [1.54, 1.807) is 17.0 Å². The summed E-state index contributed by atoms with van der Waals surface area (Å²) in [5, 5.41) is 4.93. The highest BCUT2D eigenvalue weighted by Gasteiger charge is 2.24. The Morgan fingerprint density at radius 2 is 2.04 bits per heavy atom. The Hall–Kier alpha value is -1.67. The SMILES string of the molecule is NS(=O)(=O)CCCC(=O)N1CCCC(COc2ccc(F)cc2)C1.